The molecule has 0 N–H and O–H groups in total. The highest BCUT2D eigenvalue weighted by molar-refractivity contribution is 6.30. The van der Waals surface area contributed by atoms with Crippen LogP contribution in [0.3, 0.4) is 0 Å². The van der Waals surface area contributed by atoms with E-state index in [2.05, 4.69) is 14.7 Å². The van der Waals surface area contributed by atoms with E-state index in [1.807, 2.05) is 0 Å². The van der Waals surface area contributed by atoms with Crippen molar-refractivity contribution in [2.45, 2.75) is 6.36 Å². The summed E-state index contributed by atoms with van der Waals surface area (Å²) in [4.78, 5) is 6.59. The Morgan fingerprint density at radius 1 is 1.33 bits per heavy atom. The quantitative estimate of drug-likeness (QED) is 0.569. The van der Waals surface area contributed by atoms with E-state index in [1.54, 1.807) is 0 Å². The maximum Gasteiger partial charge on any atom is 0.574 e. The van der Waals surface area contributed by atoms with Crippen LogP contribution in [0.5, 0.6) is 5.88 Å². The molecule has 1 rings (SSSR count). The van der Waals surface area contributed by atoms with Gasteiger partial charge in [0, 0.05) is 6.20 Å². The second-order valence-corrected chi connectivity index (χ2v) is 1.83. The minimum atomic E-state index is -4.76. The zero-order valence-corrected chi connectivity index (χ0v) is 5.67. The first-order chi connectivity index (χ1) is 5.47. The molecule has 0 aliphatic carbocycles. The first-order valence-corrected chi connectivity index (χ1v) is 2.80. The average molecular weight is 174 g/mol. The lowest BCUT2D eigenvalue weighted by Crippen LogP contribution is -2.20. The lowest BCUT2D eigenvalue weighted by Gasteiger charge is -2.10. The highest BCUT2D eigenvalue weighted by atomic mass is 19.4. The summed E-state index contributed by atoms with van der Waals surface area (Å²) in [6.07, 6.45) is -2.82. The number of aromatic nitrogens is 2. The van der Waals surface area contributed by atoms with Crippen LogP contribution in [-0.4, -0.2) is 24.2 Å². The monoisotopic (exact) mass is 174 g/mol. The van der Waals surface area contributed by atoms with Gasteiger partial charge in [-0.2, -0.15) is 0 Å². The Morgan fingerprint density at radius 2 is 2.00 bits per heavy atom. The molecule has 1 heterocycles. The summed E-state index contributed by atoms with van der Waals surface area (Å²) in [5, 5.41) is 0. The van der Waals surface area contributed by atoms with E-state index in [0.717, 1.165) is 12.4 Å². The fourth-order valence-corrected chi connectivity index (χ4v) is 0.530. The molecule has 0 saturated heterocycles. The Morgan fingerprint density at radius 3 is 2.50 bits per heavy atom. The van der Waals surface area contributed by atoms with Crippen molar-refractivity contribution in [2.75, 3.05) is 0 Å². The third kappa shape index (κ3) is 2.77. The van der Waals surface area contributed by atoms with Gasteiger partial charge in [-0.25, -0.2) is 5.59 Å². The summed E-state index contributed by atoms with van der Waals surface area (Å²) in [6.45, 7) is 0. The number of nitrogens with zero attached hydrogens (tertiary/aromatic N) is 2. The van der Waals surface area contributed by atoms with Gasteiger partial charge in [0.25, 0.3) is 0 Å². The van der Waals surface area contributed by atoms with Gasteiger partial charge in [0.15, 0.2) is 0 Å². The van der Waals surface area contributed by atoms with Gasteiger partial charge < -0.3 is 12.6 Å². The van der Waals surface area contributed by atoms with E-state index < -0.39 is 12.2 Å². The predicted molar refractivity (Wildman–Crippen MR) is 34.1 cm³/mol. The highest BCUT2D eigenvalue weighted by Gasteiger charge is 2.31. The van der Waals surface area contributed by atoms with Gasteiger partial charge in [0.2, 0.25) is 5.88 Å². The molecule has 0 spiro atoms. The summed E-state index contributed by atoms with van der Waals surface area (Å²) in [5.41, 5.74) is -0.128. The number of halogens is 3. The van der Waals surface area contributed by atoms with Crippen molar-refractivity contribution in [3.8, 4) is 5.88 Å². The summed E-state index contributed by atoms with van der Waals surface area (Å²) in [7, 11) is 5.06. The van der Waals surface area contributed by atoms with Gasteiger partial charge in [-0.15, -0.1) is 13.2 Å². The van der Waals surface area contributed by atoms with Gasteiger partial charge in [0.05, 0.1) is 6.20 Å². The van der Waals surface area contributed by atoms with Crippen LogP contribution >= 0.6 is 0 Å². The minimum absolute atomic E-state index is 0.128. The third-order valence-corrected chi connectivity index (χ3v) is 0.851. The van der Waals surface area contributed by atoms with Gasteiger partial charge in [0.1, 0.15) is 0 Å². The molecule has 63 valence electrons. The number of rotatable bonds is 1. The third-order valence-electron chi connectivity index (χ3n) is 0.851. The second-order valence-electron chi connectivity index (χ2n) is 1.83. The van der Waals surface area contributed by atoms with Gasteiger partial charge >= 0.3 is 6.36 Å². The van der Waals surface area contributed by atoms with Crippen LogP contribution in [0.2, 0.25) is 0 Å². The van der Waals surface area contributed by atoms with E-state index in [9.17, 15) is 13.2 Å². The zero-order chi connectivity index (χ0) is 9.19. The van der Waals surface area contributed by atoms with Gasteiger partial charge in [-0.1, -0.05) is 0 Å². The molecule has 0 saturated carbocycles. The van der Waals surface area contributed by atoms with Crippen molar-refractivity contribution >= 4 is 13.4 Å². The van der Waals surface area contributed by atoms with Crippen molar-refractivity contribution in [1.82, 2.24) is 9.97 Å². The molecule has 0 atom stereocenters. The largest absolute Gasteiger partial charge is 0.574 e. The summed E-state index contributed by atoms with van der Waals surface area (Å²) in [6, 6.07) is 0. The minimum Gasteiger partial charge on any atom is -0.551 e. The standard InChI is InChI=1S/C5H2BF3N2O/c6-3-1-10-2-4(11-3)12-5(7,8)9/h1-2H/q-1. The summed E-state index contributed by atoms with van der Waals surface area (Å²) < 4.78 is 38.1. The molecule has 1 aromatic rings. The molecular formula is C5H2BF3N2O-. The van der Waals surface area contributed by atoms with Crippen LogP contribution in [0.4, 0.5) is 13.2 Å². The van der Waals surface area contributed by atoms with E-state index >= 15 is 0 Å². The smallest absolute Gasteiger partial charge is 0.551 e. The molecule has 0 fully saturated rings. The number of hydrogen-bond donors (Lipinski definition) is 0. The van der Waals surface area contributed by atoms with Crippen LogP contribution in [0, 0.1) is 0 Å². The molecular weight excluding hydrogens is 172 g/mol. The van der Waals surface area contributed by atoms with Crippen molar-refractivity contribution < 1.29 is 17.9 Å². The second kappa shape index (κ2) is 3.00. The Balaban J connectivity index is 2.77. The van der Waals surface area contributed by atoms with Crippen molar-refractivity contribution in [2.24, 2.45) is 0 Å². The molecule has 0 unspecified atom stereocenters. The summed E-state index contributed by atoms with van der Waals surface area (Å²) in [5.74, 6) is -0.664. The Kier molecular flexibility index (Phi) is 2.21. The maximum atomic E-state index is 11.5. The van der Waals surface area contributed by atoms with E-state index in [4.69, 9.17) is 7.85 Å². The Hall–Kier alpha value is -1.27. The van der Waals surface area contributed by atoms with Crippen molar-refractivity contribution in [3.05, 3.63) is 12.4 Å². The fraction of sp³-hybridized carbons (Fsp3) is 0.200. The Bertz CT molecular complexity index is 278. The number of ether oxygens (including phenoxy) is 1. The average Bonchev–Trinajstić information content (AvgIpc) is 1.82. The fourth-order valence-electron chi connectivity index (χ4n) is 0.530. The molecule has 0 aliphatic heterocycles. The molecule has 0 amide bonds. The Labute approximate surface area is 67.0 Å². The van der Waals surface area contributed by atoms with Crippen LogP contribution in [0.25, 0.3) is 0 Å². The molecule has 1 aromatic heterocycles. The first kappa shape index (κ1) is 8.83. The zero-order valence-electron chi connectivity index (χ0n) is 5.67. The highest BCUT2D eigenvalue weighted by Crippen LogP contribution is 2.18. The predicted octanol–water partition coefficient (Wildman–Crippen LogP) is 0.169. The molecule has 0 aliphatic rings. The van der Waals surface area contributed by atoms with E-state index in [1.165, 1.54) is 0 Å². The molecule has 12 heavy (non-hydrogen) atoms. The summed E-state index contributed by atoms with van der Waals surface area (Å²) >= 11 is 0. The SMILES string of the molecule is [B-]c1cncc(OC(F)(F)F)n1. The van der Waals surface area contributed by atoms with Crippen LogP contribution < -0.4 is 10.3 Å². The van der Waals surface area contributed by atoms with Crippen LogP contribution in [0.15, 0.2) is 12.4 Å². The van der Waals surface area contributed by atoms with Gasteiger partial charge in [-0.05, 0) is 0 Å². The van der Waals surface area contributed by atoms with Crippen LogP contribution in [-0.2, 0) is 0 Å². The number of alkyl halides is 3. The lowest BCUT2D eigenvalue weighted by molar-refractivity contribution is -0.276. The lowest BCUT2D eigenvalue weighted by atomic mass is 10.1. The molecule has 0 bridgehead atoms. The van der Waals surface area contributed by atoms with Gasteiger partial charge in [-0.3, -0.25) is 9.97 Å². The molecule has 0 aromatic carbocycles. The first-order valence-electron chi connectivity index (χ1n) is 2.80. The molecule has 3 radical (unpaired) electrons. The maximum absolute atomic E-state index is 11.5. The van der Waals surface area contributed by atoms with Crippen molar-refractivity contribution in [3.63, 3.8) is 0 Å². The van der Waals surface area contributed by atoms with Crippen molar-refractivity contribution in [1.29, 1.82) is 0 Å². The molecule has 3 nitrogen and oxygen atoms in total. The van der Waals surface area contributed by atoms with Crippen LogP contribution in [0.1, 0.15) is 0 Å². The van der Waals surface area contributed by atoms with E-state index in [-0.39, 0.29) is 5.59 Å². The number of hydrogen-bond acceptors (Lipinski definition) is 3. The topological polar surface area (TPSA) is 35.0 Å². The normalized spacial score (nSPS) is 11.3. The molecule has 7 heteroatoms. The van der Waals surface area contributed by atoms with E-state index in [0.29, 0.717) is 0 Å².